The van der Waals surface area contributed by atoms with Crippen molar-refractivity contribution in [2.45, 2.75) is 0 Å². The molecule has 0 fully saturated rings. The average Bonchev–Trinajstić information content (AvgIpc) is 3.06. The molecule has 0 N–H and O–H groups in total. The lowest BCUT2D eigenvalue weighted by Gasteiger charge is -2.07. The molecule has 1 heterocycles. The second-order valence-electron chi connectivity index (χ2n) is 6.52. The van der Waals surface area contributed by atoms with Crippen molar-refractivity contribution in [1.29, 1.82) is 0 Å². The maximum Gasteiger partial charge on any atom is 0.136 e. The highest BCUT2D eigenvalue weighted by atomic mass is 16.3. The van der Waals surface area contributed by atoms with Crippen LogP contribution in [0.4, 0.5) is 0 Å². The Bertz CT molecular complexity index is 1250. The molecule has 1 aromatic heterocycles. The zero-order valence-electron chi connectivity index (χ0n) is 14.1. The van der Waals surface area contributed by atoms with Gasteiger partial charge in [-0.05, 0) is 46.5 Å². The first kappa shape index (κ1) is 15.0. The van der Waals surface area contributed by atoms with Crippen molar-refractivity contribution in [1.82, 2.24) is 0 Å². The van der Waals surface area contributed by atoms with Gasteiger partial charge in [-0.15, -0.1) is 0 Å². The topological polar surface area (TPSA) is 13.1 Å². The van der Waals surface area contributed by atoms with Gasteiger partial charge in [0.25, 0.3) is 0 Å². The average molecular weight is 330 g/mol. The summed E-state index contributed by atoms with van der Waals surface area (Å²) in [5.41, 5.74) is 7.19. The van der Waals surface area contributed by atoms with Gasteiger partial charge in [0.1, 0.15) is 19.0 Å². The van der Waals surface area contributed by atoms with Crippen molar-refractivity contribution in [3.63, 3.8) is 0 Å². The third-order valence-corrected chi connectivity index (χ3v) is 4.79. The van der Waals surface area contributed by atoms with Crippen molar-refractivity contribution in [2.24, 2.45) is 0 Å². The van der Waals surface area contributed by atoms with Crippen LogP contribution in [0.1, 0.15) is 0 Å². The number of fused-ring (bicyclic) bond motifs is 3. The molecule has 0 aliphatic heterocycles. The second-order valence-corrected chi connectivity index (χ2v) is 6.52. The second kappa shape index (κ2) is 5.92. The van der Waals surface area contributed by atoms with E-state index in [1.807, 2.05) is 36.4 Å². The fourth-order valence-electron chi connectivity index (χ4n) is 3.50. The highest BCUT2D eigenvalue weighted by Crippen LogP contribution is 2.33. The van der Waals surface area contributed by atoms with Gasteiger partial charge in [-0.2, -0.15) is 0 Å². The fraction of sp³-hybridized carbons (Fsp3) is 0. The van der Waals surface area contributed by atoms with Gasteiger partial charge in [0.05, 0.1) is 0 Å². The molecule has 1 nitrogen and oxygen atoms in total. The number of hydrogen-bond acceptors (Lipinski definition) is 1. The van der Waals surface area contributed by atoms with Crippen LogP contribution in [0.3, 0.4) is 0 Å². The standard InChI is InChI=1S/C24H15BO/c25-20-8-4-7-18(14-20)16-5-3-6-17(13-16)19-11-12-22-21-9-1-2-10-23(21)26-24(22)15-19/h1-15H. The van der Waals surface area contributed by atoms with Crippen LogP contribution in [0.5, 0.6) is 0 Å². The fourth-order valence-corrected chi connectivity index (χ4v) is 3.50. The molecule has 26 heavy (non-hydrogen) atoms. The maximum atomic E-state index is 6.03. The predicted molar refractivity (Wildman–Crippen MR) is 110 cm³/mol. The van der Waals surface area contributed by atoms with Gasteiger partial charge < -0.3 is 4.42 Å². The van der Waals surface area contributed by atoms with Gasteiger partial charge in [0.2, 0.25) is 0 Å². The molecule has 2 heteroatoms. The normalized spacial score (nSPS) is 11.2. The van der Waals surface area contributed by atoms with E-state index in [0.717, 1.165) is 49.7 Å². The molecule has 2 radical (unpaired) electrons. The molecule has 0 atom stereocenters. The monoisotopic (exact) mass is 330 g/mol. The van der Waals surface area contributed by atoms with Crippen LogP contribution in [-0.2, 0) is 0 Å². The Hall–Kier alpha value is -3.26. The first-order chi connectivity index (χ1) is 12.8. The van der Waals surface area contributed by atoms with Gasteiger partial charge in [0, 0.05) is 10.8 Å². The summed E-state index contributed by atoms with van der Waals surface area (Å²) in [4.78, 5) is 0. The molecule has 0 bridgehead atoms. The molecule has 0 amide bonds. The first-order valence-corrected chi connectivity index (χ1v) is 8.66. The van der Waals surface area contributed by atoms with Crippen LogP contribution < -0.4 is 5.46 Å². The van der Waals surface area contributed by atoms with E-state index >= 15 is 0 Å². The molecule has 0 aliphatic carbocycles. The lowest BCUT2D eigenvalue weighted by atomic mass is 9.91. The summed E-state index contributed by atoms with van der Waals surface area (Å²) in [6, 6.07) is 31.0. The first-order valence-electron chi connectivity index (χ1n) is 8.66. The van der Waals surface area contributed by atoms with Crippen molar-refractivity contribution in [3.05, 3.63) is 91.0 Å². The Morgan fingerprint density at radius 3 is 1.96 bits per heavy atom. The van der Waals surface area contributed by atoms with E-state index in [2.05, 4.69) is 54.6 Å². The summed E-state index contributed by atoms with van der Waals surface area (Å²) in [7, 11) is 5.93. The number of para-hydroxylation sites is 1. The number of benzene rings is 4. The summed E-state index contributed by atoms with van der Waals surface area (Å²) < 4.78 is 6.03. The zero-order chi connectivity index (χ0) is 17.5. The van der Waals surface area contributed by atoms with E-state index in [-0.39, 0.29) is 0 Å². The number of hydrogen-bond donors (Lipinski definition) is 0. The molecule has 120 valence electrons. The van der Waals surface area contributed by atoms with Crippen LogP contribution in [0.2, 0.25) is 0 Å². The van der Waals surface area contributed by atoms with Crippen LogP contribution in [0, 0.1) is 0 Å². The number of furan rings is 1. The Kier molecular flexibility index (Phi) is 3.43. The minimum absolute atomic E-state index is 0.775. The quantitative estimate of drug-likeness (QED) is 0.378. The molecular formula is C24H15BO. The van der Waals surface area contributed by atoms with E-state index in [9.17, 15) is 0 Å². The minimum Gasteiger partial charge on any atom is -0.456 e. The predicted octanol–water partition coefficient (Wildman–Crippen LogP) is 5.71. The van der Waals surface area contributed by atoms with E-state index < -0.39 is 0 Å². The molecule has 5 aromatic rings. The van der Waals surface area contributed by atoms with Gasteiger partial charge in [-0.3, -0.25) is 0 Å². The molecule has 4 aromatic carbocycles. The van der Waals surface area contributed by atoms with E-state index in [1.165, 1.54) is 0 Å². The van der Waals surface area contributed by atoms with Crippen LogP contribution in [0.15, 0.2) is 95.4 Å². The largest absolute Gasteiger partial charge is 0.456 e. The SMILES string of the molecule is [B]c1cccc(-c2cccc(-c3ccc4c(c3)oc3ccccc34)c2)c1. The van der Waals surface area contributed by atoms with Crippen LogP contribution >= 0.6 is 0 Å². The smallest absolute Gasteiger partial charge is 0.136 e. The van der Waals surface area contributed by atoms with Gasteiger partial charge in [-0.25, -0.2) is 0 Å². The number of rotatable bonds is 2. The Morgan fingerprint density at radius 1 is 0.500 bits per heavy atom. The summed E-state index contributed by atoms with van der Waals surface area (Å²) in [6.07, 6.45) is 0. The molecule has 0 saturated carbocycles. The van der Waals surface area contributed by atoms with Crippen molar-refractivity contribution >= 4 is 35.2 Å². The van der Waals surface area contributed by atoms with Gasteiger partial charge in [-0.1, -0.05) is 72.2 Å². The van der Waals surface area contributed by atoms with E-state index in [1.54, 1.807) is 0 Å². The van der Waals surface area contributed by atoms with Crippen LogP contribution in [0.25, 0.3) is 44.2 Å². The molecule has 0 aliphatic rings. The molecular weight excluding hydrogens is 315 g/mol. The lowest BCUT2D eigenvalue weighted by Crippen LogP contribution is -2.00. The third kappa shape index (κ3) is 2.51. The van der Waals surface area contributed by atoms with Crippen molar-refractivity contribution in [2.75, 3.05) is 0 Å². The van der Waals surface area contributed by atoms with E-state index in [4.69, 9.17) is 12.3 Å². The molecule has 0 unspecified atom stereocenters. The zero-order valence-corrected chi connectivity index (χ0v) is 14.1. The maximum absolute atomic E-state index is 6.03. The molecule has 0 spiro atoms. The summed E-state index contributed by atoms with van der Waals surface area (Å²) in [6.45, 7) is 0. The Morgan fingerprint density at radius 2 is 1.15 bits per heavy atom. The lowest BCUT2D eigenvalue weighted by molar-refractivity contribution is 0.669. The third-order valence-electron chi connectivity index (χ3n) is 4.79. The highest BCUT2D eigenvalue weighted by molar-refractivity contribution is 6.32. The summed E-state index contributed by atoms with van der Waals surface area (Å²) in [5, 5.41) is 2.30. The molecule has 5 rings (SSSR count). The van der Waals surface area contributed by atoms with Crippen LogP contribution in [-0.4, -0.2) is 7.85 Å². The van der Waals surface area contributed by atoms with Crippen molar-refractivity contribution < 1.29 is 4.42 Å². The van der Waals surface area contributed by atoms with E-state index in [0.29, 0.717) is 0 Å². The highest BCUT2D eigenvalue weighted by Gasteiger charge is 2.08. The molecule has 0 saturated heterocycles. The van der Waals surface area contributed by atoms with Crippen molar-refractivity contribution in [3.8, 4) is 22.3 Å². The summed E-state index contributed by atoms with van der Waals surface area (Å²) in [5.74, 6) is 0. The van der Waals surface area contributed by atoms with Gasteiger partial charge in [0.15, 0.2) is 0 Å². The summed E-state index contributed by atoms with van der Waals surface area (Å²) >= 11 is 0. The Labute approximate surface area is 153 Å². The minimum atomic E-state index is 0.775. The Balaban J connectivity index is 1.63. The van der Waals surface area contributed by atoms with Gasteiger partial charge >= 0.3 is 0 Å².